The third kappa shape index (κ3) is 2.08. The summed E-state index contributed by atoms with van der Waals surface area (Å²) in [6.07, 6.45) is 0. The van der Waals surface area contributed by atoms with Crippen molar-refractivity contribution in [2.75, 3.05) is 0 Å². The zero-order valence-corrected chi connectivity index (χ0v) is 12.3. The molecule has 0 aliphatic heterocycles. The van der Waals surface area contributed by atoms with Gasteiger partial charge in [-0.2, -0.15) is 0 Å². The summed E-state index contributed by atoms with van der Waals surface area (Å²) < 4.78 is 3.39. The second-order valence-corrected chi connectivity index (χ2v) is 5.43. The van der Waals surface area contributed by atoms with Crippen LogP contribution in [0.15, 0.2) is 45.7 Å². The highest BCUT2D eigenvalue weighted by Gasteiger charge is 2.07. The summed E-state index contributed by atoms with van der Waals surface area (Å²) >= 11 is 5.54. The lowest BCUT2D eigenvalue weighted by molar-refractivity contribution is 0.862. The van der Waals surface area contributed by atoms with E-state index in [1.807, 2.05) is 59.0 Å². The van der Waals surface area contributed by atoms with E-state index >= 15 is 0 Å². The van der Waals surface area contributed by atoms with Gasteiger partial charge in [-0.15, -0.1) is 0 Å². The predicted molar refractivity (Wildman–Crippen MR) is 77.5 cm³/mol. The molecule has 82 valence electrons. The minimum absolute atomic E-state index is 0.0360. The number of pyridine rings is 1. The summed E-state index contributed by atoms with van der Waals surface area (Å²) in [5.41, 5.74) is 1.98. The molecule has 0 atom stereocenters. The highest BCUT2D eigenvalue weighted by molar-refractivity contribution is 14.1. The molecule has 0 spiro atoms. The molecule has 0 saturated heterocycles. The smallest absolute Gasteiger partial charge is 0.264 e. The molecule has 0 unspecified atom stereocenters. The molecule has 4 heteroatoms. The van der Waals surface area contributed by atoms with Gasteiger partial charge >= 0.3 is 0 Å². The van der Waals surface area contributed by atoms with Crippen molar-refractivity contribution < 1.29 is 0 Å². The van der Waals surface area contributed by atoms with Crippen molar-refractivity contribution in [1.29, 1.82) is 0 Å². The van der Waals surface area contributed by atoms with Crippen molar-refractivity contribution in [3.8, 4) is 11.3 Å². The second-order valence-electron chi connectivity index (χ2n) is 3.41. The third-order valence-corrected chi connectivity index (χ3v) is 3.92. The van der Waals surface area contributed by atoms with Crippen LogP contribution in [-0.2, 0) is 7.05 Å². The van der Waals surface area contributed by atoms with Crippen LogP contribution in [0.1, 0.15) is 0 Å². The number of hydrogen-bond donors (Lipinski definition) is 0. The molecule has 0 aliphatic rings. The summed E-state index contributed by atoms with van der Waals surface area (Å²) in [7, 11) is 1.79. The monoisotopic (exact) mass is 389 g/mol. The highest BCUT2D eigenvalue weighted by atomic mass is 127. The van der Waals surface area contributed by atoms with Gasteiger partial charge in [0.1, 0.15) is 0 Å². The summed E-state index contributed by atoms with van der Waals surface area (Å²) in [6, 6.07) is 11.7. The average molecular weight is 390 g/mol. The fraction of sp³-hybridized carbons (Fsp3) is 0.0833. The minimum atomic E-state index is 0.0360. The van der Waals surface area contributed by atoms with Crippen LogP contribution in [0.4, 0.5) is 0 Å². The standard InChI is InChI=1S/C12H9BrINO/c1-15-11(7-6-10(14)12(15)16)8-4-2-3-5-9(8)13/h2-7H,1H3. The van der Waals surface area contributed by atoms with E-state index in [9.17, 15) is 4.79 Å². The van der Waals surface area contributed by atoms with Crippen LogP contribution in [0.5, 0.6) is 0 Å². The van der Waals surface area contributed by atoms with Gasteiger partial charge in [0.05, 0.1) is 9.26 Å². The Labute approximate surface area is 116 Å². The molecule has 2 nitrogen and oxygen atoms in total. The lowest BCUT2D eigenvalue weighted by atomic mass is 10.1. The van der Waals surface area contributed by atoms with Gasteiger partial charge in [0, 0.05) is 17.1 Å². The van der Waals surface area contributed by atoms with Crippen molar-refractivity contribution in [3.05, 3.63) is 54.8 Å². The SMILES string of the molecule is Cn1c(-c2ccccc2Br)ccc(I)c1=O. The molecule has 0 aliphatic carbocycles. The van der Waals surface area contributed by atoms with Gasteiger partial charge in [-0.25, -0.2) is 0 Å². The van der Waals surface area contributed by atoms with Gasteiger partial charge in [0.25, 0.3) is 5.56 Å². The van der Waals surface area contributed by atoms with Crippen LogP contribution in [-0.4, -0.2) is 4.57 Å². The molecular formula is C12H9BrINO. The number of rotatable bonds is 1. The lowest BCUT2D eigenvalue weighted by Crippen LogP contribution is -2.20. The normalized spacial score (nSPS) is 10.4. The zero-order valence-electron chi connectivity index (χ0n) is 8.58. The van der Waals surface area contributed by atoms with Crippen molar-refractivity contribution in [3.63, 3.8) is 0 Å². The number of hydrogen-bond acceptors (Lipinski definition) is 1. The van der Waals surface area contributed by atoms with Crippen molar-refractivity contribution in [2.24, 2.45) is 7.05 Å². The first kappa shape index (κ1) is 11.9. The molecule has 16 heavy (non-hydrogen) atoms. The number of benzene rings is 1. The molecule has 1 heterocycles. The van der Waals surface area contributed by atoms with E-state index in [4.69, 9.17) is 0 Å². The maximum Gasteiger partial charge on any atom is 0.264 e. The lowest BCUT2D eigenvalue weighted by Gasteiger charge is -2.10. The van der Waals surface area contributed by atoms with Crippen LogP contribution < -0.4 is 5.56 Å². The molecule has 0 fully saturated rings. The van der Waals surface area contributed by atoms with Gasteiger partial charge in [-0.1, -0.05) is 34.1 Å². The quantitative estimate of drug-likeness (QED) is 0.685. The number of halogens is 2. The van der Waals surface area contributed by atoms with E-state index in [0.717, 1.165) is 19.3 Å². The van der Waals surface area contributed by atoms with E-state index in [0.29, 0.717) is 0 Å². The first-order valence-electron chi connectivity index (χ1n) is 4.71. The Morgan fingerprint density at radius 1 is 1.19 bits per heavy atom. The Morgan fingerprint density at radius 2 is 1.88 bits per heavy atom. The van der Waals surface area contributed by atoms with Gasteiger partial charge in [-0.3, -0.25) is 4.79 Å². The molecule has 0 N–H and O–H groups in total. The van der Waals surface area contributed by atoms with Crippen LogP contribution >= 0.6 is 38.5 Å². The van der Waals surface area contributed by atoms with Crippen LogP contribution in [0.2, 0.25) is 0 Å². The molecule has 1 aromatic carbocycles. The van der Waals surface area contributed by atoms with E-state index in [-0.39, 0.29) is 5.56 Å². The molecular weight excluding hydrogens is 381 g/mol. The molecule has 1 aromatic heterocycles. The Morgan fingerprint density at radius 3 is 2.56 bits per heavy atom. The Hall–Kier alpha value is -0.620. The molecule has 0 saturated carbocycles. The molecule has 0 bridgehead atoms. The third-order valence-electron chi connectivity index (χ3n) is 2.41. The van der Waals surface area contributed by atoms with Crippen molar-refractivity contribution >= 4 is 38.5 Å². The van der Waals surface area contributed by atoms with Crippen molar-refractivity contribution in [2.45, 2.75) is 0 Å². The van der Waals surface area contributed by atoms with Gasteiger partial charge < -0.3 is 4.57 Å². The predicted octanol–water partition coefficient (Wildman–Crippen LogP) is 3.42. The summed E-state index contributed by atoms with van der Waals surface area (Å²) in [4.78, 5) is 11.8. The first-order chi connectivity index (χ1) is 7.61. The van der Waals surface area contributed by atoms with Crippen LogP contribution in [0.25, 0.3) is 11.3 Å². The maximum absolute atomic E-state index is 11.8. The topological polar surface area (TPSA) is 22.0 Å². The van der Waals surface area contributed by atoms with E-state index in [1.54, 1.807) is 11.6 Å². The summed E-state index contributed by atoms with van der Waals surface area (Å²) in [6.45, 7) is 0. The van der Waals surface area contributed by atoms with Gasteiger partial charge in [0.15, 0.2) is 0 Å². The van der Waals surface area contributed by atoms with Crippen molar-refractivity contribution in [1.82, 2.24) is 4.57 Å². The fourth-order valence-electron chi connectivity index (χ4n) is 1.54. The fourth-order valence-corrected chi connectivity index (χ4v) is 2.57. The van der Waals surface area contributed by atoms with E-state index in [1.165, 1.54) is 0 Å². The molecule has 2 rings (SSSR count). The zero-order chi connectivity index (χ0) is 11.7. The summed E-state index contributed by atoms with van der Waals surface area (Å²) in [5.74, 6) is 0. The number of aromatic nitrogens is 1. The maximum atomic E-state index is 11.8. The number of nitrogens with zero attached hydrogens (tertiary/aromatic N) is 1. The molecule has 0 amide bonds. The highest BCUT2D eigenvalue weighted by Crippen LogP contribution is 2.26. The van der Waals surface area contributed by atoms with E-state index < -0.39 is 0 Å². The average Bonchev–Trinajstić information content (AvgIpc) is 2.28. The molecule has 2 aromatic rings. The Kier molecular flexibility index (Phi) is 3.49. The van der Waals surface area contributed by atoms with Crippen LogP contribution in [0, 0.1) is 3.57 Å². The van der Waals surface area contributed by atoms with Gasteiger partial charge in [-0.05, 0) is 40.8 Å². The Bertz CT molecular complexity index is 592. The largest absolute Gasteiger partial charge is 0.310 e. The minimum Gasteiger partial charge on any atom is -0.310 e. The Balaban J connectivity index is 2.71. The molecule has 0 radical (unpaired) electrons. The first-order valence-corrected chi connectivity index (χ1v) is 6.59. The summed E-state index contributed by atoms with van der Waals surface area (Å²) in [5, 5.41) is 0. The van der Waals surface area contributed by atoms with Crippen LogP contribution in [0.3, 0.4) is 0 Å². The van der Waals surface area contributed by atoms with Gasteiger partial charge in [0.2, 0.25) is 0 Å². The second kappa shape index (κ2) is 4.71. The van der Waals surface area contributed by atoms with E-state index in [2.05, 4.69) is 15.9 Å².